The lowest BCUT2D eigenvalue weighted by Gasteiger charge is -2.07. The minimum absolute atomic E-state index is 0.285. The van der Waals surface area contributed by atoms with Gasteiger partial charge in [-0.25, -0.2) is 4.79 Å². The topological polar surface area (TPSA) is 70.2 Å². The molecule has 5 heteroatoms. The first kappa shape index (κ1) is 12.4. The van der Waals surface area contributed by atoms with Crippen LogP contribution < -0.4 is 5.56 Å². The zero-order valence-electron chi connectivity index (χ0n) is 9.53. The number of aromatic carboxylic acids is 1. The maximum atomic E-state index is 11.3. The van der Waals surface area contributed by atoms with E-state index in [1.54, 1.807) is 12.1 Å². The quantitative estimate of drug-likeness (QED) is 0.875. The Labute approximate surface area is 108 Å². The molecule has 0 aliphatic carbocycles. The van der Waals surface area contributed by atoms with E-state index in [2.05, 4.69) is 4.98 Å². The van der Waals surface area contributed by atoms with Crippen LogP contribution in [0.3, 0.4) is 0 Å². The maximum absolute atomic E-state index is 11.3. The molecular weight excluding hydrogens is 254 g/mol. The Morgan fingerprint density at radius 3 is 2.78 bits per heavy atom. The van der Waals surface area contributed by atoms with Gasteiger partial charge in [-0.2, -0.15) is 0 Å². The second kappa shape index (κ2) is 4.66. The van der Waals surface area contributed by atoms with Crippen molar-refractivity contribution < 1.29 is 9.90 Å². The molecule has 2 N–H and O–H groups in total. The maximum Gasteiger partial charge on any atom is 0.341 e. The second-order valence-electron chi connectivity index (χ2n) is 3.85. The van der Waals surface area contributed by atoms with Crippen LogP contribution in [0.1, 0.15) is 15.9 Å². The summed E-state index contributed by atoms with van der Waals surface area (Å²) in [5.41, 5.74) is 1.34. The minimum atomic E-state index is -1.25. The fraction of sp³-hybridized carbons (Fsp3) is 0.0769. The molecule has 0 saturated heterocycles. The highest BCUT2D eigenvalue weighted by Gasteiger charge is 2.12. The van der Waals surface area contributed by atoms with E-state index in [1.807, 2.05) is 13.0 Å². The van der Waals surface area contributed by atoms with Gasteiger partial charge in [0.25, 0.3) is 5.56 Å². The van der Waals surface area contributed by atoms with E-state index < -0.39 is 11.5 Å². The smallest absolute Gasteiger partial charge is 0.341 e. The standard InChI is InChI=1S/C13H10ClNO3/c1-7-9(3-2-4-11(7)14)8-5-10(13(17)18)12(16)15-6-8/h2-6H,1H3,(H,15,16)(H,17,18). The molecule has 1 heterocycles. The van der Waals surface area contributed by atoms with Crippen LogP contribution in [-0.2, 0) is 0 Å². The summed E-state index contributed by atoms with van der Waals surface area (Å²) in [6, 6.07) is 6.70. The van der Waals surface area contributed by atoms with E-state index in [9.17, 15) is 9.59 Å². The fourth-order valence-electron chi connectivity index (χ4n) is 1.72. The molecule has 92 valence electrons. The van der Waals surface area contributed by atoms with E-state index >= 15 is 0 Å². The van der Waals surface area contributed by atoms with E-state index in [4.69, 9.17) is 16.7 Å². The van der Waals surface area contributed by atoms with Crippen LogP contribution >= 0.6 is 11.6 Å². The van der Waals surface area contributed by atoms with Crippen molar-refractivity contribution in [3.63, 3.8) is 0 Å². The number of pyridine rings is 1. The summed E-state index contributed by atoms with van der Waals surface area (Å²) in [5.74, 6) is -1.25. The predicted octanol–water partition coefficient (Wildman–Crippen LogP) is 2.70. The Kier molecular flexibility index (Phi) is 3.21. The molecular formula is C13H10ClNO3. The van der Waals surface area contributed by atoms with Gasteiger partial charge in [-0.3, -0.25) is 4.79 Å². The van der Waals surface area contributed by atoms with Crippen molar-refractivity contribution in [2.45, 2.75) is 6.92 Å². The van der Waals surface area contributed by atoms with Crippen molar-refractivity contribution in [2.75, 3.05) is 0 Å². The summed E-state index contributed by atoms with van der Waals surface area (Å²) < 4.78 is 0. The van der Waals surface area contributed by atoms with Gasteiger partial charge in [0.1, 0.15) is 5.56 Å². The van der Waals surface area contributed by atoms with Crippen molar-refractivity contribution in [1.82, 2.24) is 4.98 Å². The molecule has 0 aliphatic heterocycles. The molecule has 0 amide bonds. The number of hydrogen-bond donors (Lipinski definition) is 2. The zero-order chi connectivity index (χ0) is 13.3. The van der Waals surface area contributed by atoms with E-state index in [0.29, 0.717) is 10.6 Å². The van der Waals surface area contributed by atoms with Gasteiger partial charge in [-0.15, -0.1) is 0 Å². The monoisotopic (exact) mass is 263 g/mol. The Bertz CT molecular complexity index is 676. The largest absolute Gasteiger partial charge is 0.477 e. The number of benzene rings is 1. The lowest BCUT2D eigenvalue weighted by molar-refractivity contribution is 0.0695. The molecule has 0 atom stereocenters. The first-order valence-corrected chi connectivity index (χ1v) is 5.60. The van der Waals surface area contributed by atoms with Gasteiger partial charge in [0.05, 0.1) is 0 Å². The Morgan fingerprint density at radius 2 is 2.11 bits per heavy atom. The van der Waals surface area contributed by atoms with Crippen LogP contribution in [0.2, 0.25) is 5.02 Å². The average molecular weight is 264 g/mol. The highest BCUT2D eigenvalue weighted by atomic mass is 35.5. The summed E-state index contributed by atoms with van der Waals surface area (Å²) in [6.45, 7) is 1.84. The molecule has 0 bridgehead atoms. The van der Waals surface area contributed by atoms with Crippen molar-refractivity contribution >= 4 is 17.6 Å². The van der Waals surface area contributed by atoms with Crippen LogP contribution in [0.4, 0.5) is 0 Å². The van der Waals surface area contributed by atoms with Gasteiger partial charge < -0.3 is 10.1 Å². The summed E-state index contributed by atoms with van der Waals surface area (Å²) >= 11 is 6.01. The number of aromatic nitrogens is 1. The van der Waals surface area contributed by atoms with E-state index in [0.717, 1.165) is 11.1 Å². The third-order valence-corrected chi connectivity index (χ3v) is 3.12. The summed E-state index contributed by atoms with van der Waals surface area (Å²) in [6.07, 6.45) is 1.48. The van der Waals surface area contributed by atoms with Crippen LogP contribution in [0, 0.1) is 6.92 Å². The molecule has 0 saturated carbocycles. The normalized spacial score (nSPS) is 10.3. The average Bonchev–Trinajstić information content (AvgIpc) is 2.33. The number of carboxylic acids is 1. The van der Waals surface area contributed by atoms with E-state index in [-0.39, 0.29) is 5.56 Å². The first-order valence-electron chi connectivity index (χ1n) is 5.22. The summed E-state index contributed by atoms with van der Waals surface area (Å²) in [7, 11) is 0. The molecule has 0 radical (unpaired) electrons. The van der Waals surface area contributed by atoms with Gasteiger partial charge in [0.2, 0.25) is 0 Å². The van der Waals surface area contributed by atoms with Crippen molar-refractivity contribution in [3.8, 4) is 11.1 Å². The number of carboxylic acid groups (broad SMARTS) is 1. The number of aromatic amines is 1. The Balaban J connectivity index is 2.65. The fourth-order valence-corrected chi connectivity index (χ4v) is 1.89. The highest BCUT2D eigenvalue weighted by molar-refractivity contribution is 6.31. The SMILES string of the molecule is Cc1c(Cl)cccc1-c1c[nH]c(=O)c(C(=O)O)c1. The van der Waals surface area contributed by atoms with Crippen LogP contribution in [0.15, 0.2) is 35.3 Å². The minimum Gasteiger partial charge on any atom is -0.477 e. The van der Waals surface area contributed by atoms with Crippen LogP contribution in [-0.4, -0.2) is 16.1 Å². The van der Waals surface area contributed by atoms with Crippen molar-refractivity contribution in [1.29, 1.82) is 0 Å². The zero-order valence-corrected chi connectivity index (χ0v) is 10.3. The number of carbonyl (C=O) groups is 1. The summed E-state index contributed by atoms with van der Waals surface area (Å²) in [4.78, 5) is 24.7. The molecule has 0 spiro atoms. The first-order chi connectivity index (χ1) is 8.50. The van der Waals surface area contributed by atoms with Gasteiger partial charge in [-0.05, 0) is 35.7 Å². The van der Waals surface area contributed by atoms with Crippen molar-refractivity contribution in [3.05, 3.63) is 57.0 Å². The third kappa shape index (κ3) is 2.15. The molecule has 0 unspecified atom stereocenters. The van der Waals surface area contributed by atoms with Gasteiger partial charge in [0, 0.05) is 11.2 Å². The molecule has 0 aliphatic rings. The van der Waals surface area contributed by atoms with E-state index in [1.165, 1.54) is 12.3 Å². The number of H-pyrrole nitrogens is 1. The van der Waals surface area contributed by atoms with Crippen LogP contribution in [0.25, 0.3) is 11.1 Å². The third-order valence-electron chi connectivity index (χ3n) is 2.71. The number of rotatable bonds is 2. The van der Waals surface area contributed by atoms with Crippen molar-refractivity contribution in [2.24, 2.45) is 0 Å². The number of hydrogen-bond acceptors (Lipinski definition) is 2. The molecule has 1 aromatic heterocycles. The Morgan fingerprint density at radius 1 is 1.39 bits per heavy atom. The lowest BCUT2D eigenvalue weighted by Crippen LogP contribution is -2.16. The predicted molar refractivity (Wildman–Crippen MR) is 69.2 cm³/mol. The molecule has 4 nitrogen and oxygen atoms in total. The molecule has 2 aromatic rings. The number of nitrogens with one attached hydrogen (secondary N) is 1. The highest BCUT2D eigenvalue weighted by Crippen LogP contribution is 2.27. The van der Waals surface area contributed by atoms with Gasteiger partial charge in [-0.1, -0.05) is 23.7 Å². The van der Waals surface area contributed by atoms with Crippen LogP contribution in [0.5, 0.6) is 0 Å². The second-order valence-corrected chi connectivity index (χ2v) is 4.26. The van der Waals surface area contributed by atoms with Gasteiger partial charge >= 0.3 is 5.97 Å². The number of halogens is 1. The molecule has 1 aromatic carbocycles. The molecule has 0 fully saturated rings. The summed E-state index contributed by atoms with van der Waals surface area (Å²) in [5, 5.41) is 9.51. The molecule has 2 rings (SSSR count). The lowest BCUT2D eigenvalue weighted by atomic mass is 10.0. The molecule has 18 heavy (non-hydrogen) atoms. The van der Waals surface area contributed by atoms with Gasteiger partial charge in [0.15, 0.2) is 0 Å². The Hall–Kier alpha value is -2.07.